The summed E-state index contributed by atoms with van der Waals surface area (Å²) in [6.07, 6.45) is 2.82. The number of aryl methyl sites for hydroxylation is 2. The van der Waals surface area contributed by atoms with Gasteiger partial charge in [-0.3, -0.25) is 0 Å². The lowest BCUT2D eigenvalue weighted by Gasteiger charge is -2.08. The van der Waals surface area contributed by atoms with Crippen LogP contribution in [0.4, 0.5) is 0 Å². The molecule has 0 atom stereocenters. The van der Waals surface area contributed by atoms with E-state index in [0.717, 1.165) is 30.3 Å². The molecule has 1 heterocycles. The second-order valence-electron chi connectivity index (χ2n) is 4.87. The molecule has 0 saturated carbocycles. The van der Waals surface area contributed by atoms with E-state index in [9.17, 15) is 0 Å². The summed E-state index contributed by atoms with van der Waals surface area (Å²) in [6.45, 7) is 8.87. The van der Waals surface area contributed by atoms with Crippen LogP contribution >= 0.6 is 11.3 Å². The molecule has 2 aromatic rings. The molecule has 0 aliphatic heterocycles. The smallest absolute Gasteiger partial charge is 0.122 e. The van der Waals surface area contributed by atoms with Crippen LogP contribution in [0.2, 0.25) is 0 Å². The Balaban J connectivity index is 1.82. The number of thiazole rings is 1. The van der Waals surface area contributed by atoms with Crippen LogP contribution in [0, 0.1) is 13.8 Å². The molecule has 1 N–H and O–H groups in total. The summed E-state index contributed by atoms with van der Waals surface area (Å²) in [5.41, 5.74) is 2.46. The van der Waals surface area contributed by atoms with E-state index in [2.05, 4.69) is 43.2 Å². The Morgan fingerprint density at radius 1 is 1.30 bits per heavy atom. The first-order valence-corrected chi connectivity index (χ1v) is 7.85. The van der Waals surface area contributed by atoms with Crippen molar-refractivity contribution in [2.45, 2.75) is 33.7 Å². The zero-order chi connectivity index (χ0) is 14.4. The molecule has 108 valence electrons. The number of hydrogen-bond donors (Lipinski definition) is 1. The van der Waals surface area contributed by atoms with E-state index in [-0.39, 0.29) is 0 Å². The van der Waals surface area contributed by atoms with Gasteiger partial charge < -0.3 is 10.1 Å². The van der Waals surface area contributed by atoms with Crippen molar-refractivity contribution in [3.05, 3.63) is 45.4 Å². The SMILES string of the molecule is CCNCc1cnc(CCOc2ccc(C)cc2C)s1. The van der Waals surface area contributed by atoms with Crippen LogP contribution < -0.4 is 10.1 Å². The van der Waals surface area contributed by atoms with Crippen LogP contribution in [0.3, 0.4) is 0 Å². The maximum absolute atomic E-state index is 5.84. The summed E-state index contributed by atoms with van der Waals surface area (Å²) >= 11 is 1.76. The van der Waals surface area contributed by atoms with Crippen molar-refractivity contribution in [3.63, 3.8) is 0 Å². The van der Waals surface area contributed by atoms with Crippen molar-refractivity contribution < 1.29 is 4.74 Å². The van der Waals surface area contributed by atoms with Gasteiger partial charge in [0.2, 0.25) is 0 Å². The van der Waals surface area contributed by atoms with Crippen molar-refractivity contribution in [2.75, 3.05) is 13.2 Å². The molecule has 2 rings (SSSR count). The third-order valence-corrected chi connectivity index (χ3v) is 4.11. The highest BCUT2D eigenvalue weighted by molar-refractivity contribution is 7.11. The normalized spacial score (nSPS) is 10.8. The summed E-state index contributed by atoms with van der Waals surface area (Å²) < 4.78 is 5.84. The minimum absolute atomic E-state index is 0.679. The van der Waals surface area contributed by atoms with Gasteiger partial charge in [0, 0.05) is 24.0 Å². The molecule has 1 aromatic carbocycles. The Labute approximate surface area is 125 Å². The van der Waals surface area contributed by atoms with Crippen LogP contribution in [0.25, 0.3) is 0 Å². The molecule has 0 aliphatic rings. The van der Waals surface area contributed by atoms with Crippen molar-refractivity contribution in [1.82, 2.24) is 10.3 Å². The molecule has 4 heteroatoms. The highest BCUT2D eigenvalue weighted by Crippen LogP contribution is 2.19. The van der Waals surface area contributed by atoms with Gasteiger partial charge in [0.15, 0.2) is 0 Å². The highest BCUT2D eigenvalue weighted by atomic mass is 32.1. The number of benzene rings is 1. The molecule has 3 nitrogen and oxygen atoms in total. The molecule has 0 fully saturated rings. The Bertz CT molecular complexity index is 551. The van der Waals surface area contributed by atoms with Gasteiger partial charge in [-0.1, -0.05) is 24.6 Å². The van der Waals surface area contributed by atoms with Crippen molar-refractivity contribution in [1.29, 1.82) is 0 Å². The third kappa shape index (κ3) is 4.32. The zero-order valence-electron chi connectivity index (χ0n) is 12.4. The maximum Gasteiger partial charge on any atom is 0.122 e. The molecule has 20 heavy (non-hydrogen) atoms. The zero-order valence-corrected chi connectivity index (χ0v) is 13.2. The third-order valence-electron chi connectivity index (χ3n) is 3.05. The summed E-state index contributed by atoms with van der Waals surface area (Å²) in [7, 11) is 0. The van der Waals surface area contributed by atoms with E-state index in [0.29, 0.717) is 6.61 Å². The number of nitrogens with one attached hydrogen (secondary N) is 1. The fraction of sp³-hybridized carbons (Fsp3) is 0.438. The largest absolute Gasteiger partial charge is 0.493 e. The van der Waals surface area contributed by atoms with Gasteiger partial charge in [0.05, 0.1) is 11.6 Å². The Morgan fingerprint density at radius 2 is 2.15 bits per heavy atom. The standard InChI is InChI=1S/C16H22N2OS/c1-4-17-10-14-11-18-16(20-14)7-8-19-15-6-5-12(2)9-13(15)3/h5-6,9,11,17H,4,7-8,10H2,1-3H3. The number of hydrogen-bond acceptors (Lipinski definition) is 4. The minimum Gasteiger partial charge on any atom is -0.493 e. The number of ether oxygens (including phenoxy) is 1. The number of nitrogens with zero attached hydrogens (tertiary/aromatic N) is 1. The van der Waals surface area contributed by atoms with E-state index >= 15 is 0 Å². The molecule has 0 bridgehead atoms. The second kappa shape index (κ2) is 7.41. The topological polar surface area (TPSA) is 34.2 Å². The summed E-state index contributed by atoms with van der Waals surface area (Å²) in [4.78, 5) is 5.72. The van der Waals surface area contributed by atoms with E-state index in [1.165, 1.54) is 16.0 Å². The van der Waals surface area contributed by atoms with Gasteiger partial charge >= 0.3 is 0 Å². The van der Waals surface area contributed by atoms with Gasteiger partial charge in [-0.15, -0.1) is 11.3 Å². The lowest BCUT2D eigenvalue weighted by Crippen LogP contribution is -2.10. The molecule has 0 amide bonds. The molecule has 0 unspecified atom stereocenters. The van der Waals surface area contributed by atoms with Crippen molar-refractivity contribution >= 4 is 11.3 Å². The van der Waals surface area contributed by atoms with Gasteiger partial charge in [-0.05, 0) is 32.0 Å². The Kier molecular flexibility index (Phi) is 5.56. The van der Waals surface area contributed by atoms with E-state index in [1.54, 1.807) is 11.3 Å². The Hall–Kier alpha value is -1.39. The first-order valence-electron chi connectivity index (χ1n) is 7.03. The number of aromatic nitrogens is 1. The van der Waals surface area contributed by atoms with Gasteiger partial charge in [-0.25, -0.2) is 4.98 Å². The Morgan fingerprint density at radius 3 is 2.90 bits per heavy atom. The van der Waals surface area contributed by atoms with E-state index < -0.39 is 0 Å². The first kappa shape index (κ1) is 15.0. The summed E-state index contributed by atoms with van der Waals surface area (Å²) in [6, 6.07) is 6.27. The second-order valence-corrected chi connectivity index (χ2v) is 6.07. The average Bonchev–Trinajstić information content (AvgIpc) is 2.87. The van der Waals surface area contributed by atoms with E-state index in [4.69, 9.17) is 4.74 Å². The highest BCUT2D eigenvalue weighted by Gasteiger charge is 2.03. The monoisotopic (exact) mass is 290 g/mol. The minimum atomic E-state index is 0.679. The van der Waals surface area contributed by atoms with Gasteiger partial charge in [0.1, 0.15) is 5.75 Å². The summed E-state index contributed by atoms with van der Waals surface area (Å²) in [5, 5.41) is 4.45. The molecule has 1 aromatic heterocycles. The lowest BCUT2D eigenvalue weighted by molar-refractivity contribution is 0.319. The predicted octanol–water partition coefficient (Wildman–Crippen LogP) is 3.49. The fourth-order valence-electron chi connectivity index (χ4n) is 2.00. The van der Waals surface area contributed by atoms with Crippen molar-refractivity contribution in [3.8, 4) is 5.75 Å². The van der Waals surface area contributed by atoms with Gasteiger partial charge in [-0.2, -0.15) is 0 Å². The van der Waals surface area contributed by atoms with Crippen LogP contribution in [0.5, 0.6) is 5.75 Å². The molecule has 0 radical (unpaired) electrons. The maximum atomic E-state index is 5.84. The molecule has 0 spiro atoms. The van der Waals surface area contributed by atoms with Crippen LogP contribution in [-0.4, -0.2) is 18.1 Å². The molecule has 0 aliphatic carbocycles. The van der Waals surface area contributed by atoms with Gasteiger partial charge in [0.25, 0.3) is 0 Å². The quantitative estimate of drug-likeness (QED) is 0.847. The lowest BCUT2D eigenvalue weighted by atomic mass is 10.1. The molecular weight excluding hydrogens is 268 g/mol. The van der Waals surface area contributed by atoms with E-state index in [1.807, 2.05) is 12.3 Å². The summed E-state index contributed by atoms with van der Waals surface area (Å²) in [5.74, 6) is 0.972. The van der Waals surface area contributed by atoms with Crippen LogP contribution in [0.1, 0.15) is 27.9 Å². The predicted molar refractivity (Wildman–Crippen MR) is 84.6 cm³/mol. The number of rotatable bonds is 7. The first-order chi connectivity index (χ1) is 9.69. The van der Waals surface area contributed by atoms with Crippen molar-refractivity contribution in [2.24, 2.45) is 0 Å². The van der Waals surface area contributed by atoms with Crippen LogP contribution in [-0.2, 0) is 13.0 Å². The molecule has 0 saturated heterocycles. The molecular formula is C16H22N2OS. The average molecular weight is 290 g/mol. The fourth-order valence-corrected chi connectivity index (χ4v) is 2.88. The van der Waals surface area contributed by atoms with Crippen LogP contribution in [0.15, 0.2) is 24.4 Å².